The second kappa shape index (κ2) is 14.1. The molecule has 2 fully saturated rings. The molecule has 2 aliphatic rings. The monoisotopic (exact) mass is 572 g/mol. The van der Waals surface area contributed by atoms with E-state index in [0.717, 1.165) is 37.4 Å². The Morgan fingerprint density at radius 3 is 1.68 bits per heavy atom. The maximum atomic E-state index is 9.17. The number of anilines is 1. The van der Waals surface area contributed by atoms with Crippen molar-refractivity contribution in [2.75, 3.05) is 31.1 Å². The predicted molar refractivity (Wildman–Crippen MR) is 159 cm³/mol. The molecule has 4 heterocycles. The van der Waals surface area contributed by atoms with E-state index in [2.05, 4.69) is 63.9 Å². The summed E-state index contributed by atoms with van der Waals surface area (Å²) < 4.78 is 11.2. The van der Waals surface area contributed by atoms with Crippen molar-refractivity contribution in [2.24, 2.45) is 0 Å². The van der Waals surface area contributed by atoms with Gasteiger partial charge in [-0.05, 0) is 52.0 Å². The first kappa shape index (κ1) is 30.0. The van der Waals surface area contributed by atoms with Crippen LogP contribution in [0.4, 0.5) is 5.69 Å². The molecule has 0 bridgehead atoms. The van der Waals surface area contributed by atoms with Gasteiger partial charge in [0.1, 0.15) is 34.2 Å². The van der Waals surface area contributed by atoms with E-state index in [9.17, 15) is 0 Å². The van der Waals surface area contributed by atoms with Gasteiger partial charge in [0, 0.05) is 51.0 Å². The third-order valence-electron chi connectivity index (χ3n) is 6.51. The second-order valence-corrected chi connectivity index (χ2v) is 10.4. The van der Waals surface area contributed by atoms with E-state index in [1.807, 2.05) is 18.2 Å². The molecule has 41 heavy (non-hydrogen) atoms. The van der Waals surface area contributed by atoms with E-state index in [-0.39, 0.29) is 12.2 Å². The van der Waals surface area contributed by atoms with Crippen molar-refractivity contribution in [1.29, 1.82) is 10.5 Å². The number of morpholine rings is 2. The Kier molecular flexibility index (Phi) is 10.3. The van der Waals surface area contributed by atoms with Crippen LogP contribution in [0.15, 0.2) is 49.1 Å². The molecule has 4 atom stereocenters. The summed E-state index contributed by atoms with van der Waals surface area (Å²) in [5, 5.41) is 21.7. The van der Waals surface area contributed by atoms with Gasteiger partial charge in [0.25, 0.3) is 0 Å². The molecule has 2 aliphatic heterocycles. The van der Waals surface area contributed by atoms with Crippen LogP contribution >= 0.6 is 11.6 Å². The molecule has 0 spiro atoms. The lowest BCUT2D eigenvalue weighted by atomic mass is 10.1. The minimum absolute atomic E-state index is 0.182. The van der Waals surface area contributed by atoms with Crippen LogP contribution in [0, 0.1) is 22.7 Å². The summed E-state index contributed by atoms with van der Waals surface area (Å²) in [6, 6.07) is 11.3. The van der Waals surface area contributed by atoms with E-state index in [1.54, 1.807) is 36.9 Å². The van der Waals surface area contributed by atoms with Crippen LogP contribution in [-0.4, -0.2) is 70.5 Å². The van der Waals surface area contributed by atoms with Crippen molar-refractivity contribution in [1.82, 2.24) is 25.3 Å². The zero-order valence-corrected chi connectivity index (χ0v) is 24.3. The number of aromatic nitrogens is 4. The fourth-order valence-corrected chi connectivity index (χ4v) is 5.06. The Morgan fingerprint density at radius 1 is 0.707 bits per heavy atom. The van der Waals surface area contributed by atoms with Gasteiger partial charge < -0.3 is 19.7 Å². The third kappa shape index (κ3) is 7.63. The number of benzene rings is 2. The molecule has 10 nitrogen and oxygen atoms in total. The molecule has 212 valence electrons. The summed E-state index contributed by atoms with van der Waals surface area (Å²) in [6.45, 7) is 12.0. The first-order valence-corrected chi connectivity index (χ1v) is 13.9. The van der Waals surface area contributed by atoms with Crippen molar-refractivity contribution in [3.63, 3.8) is 0 Å². The normalized spacial score (nSPS) is 22.0. The molecule has 11 heteroatoms. The van der Waals surface area contributed by atoms with Gasteiger partial charge in [-0.1, -0.05) is 11.6 Å². The number of fused-ring (bicyclic) bond motifs is 2. The van der Waals surface area contributed by atoms with Gasteiger partial charge in [-0.15, -0.1) is 0 Å². The molecule has 0 unspecified atom stereocenters. The molecule has 4 aromatic rings. The summed E-state index contributed by atoms with van der Waals surface area (Å²) >= 11 is 5.87. The molecule has 2 aromatic carbocycles. The largest absolute Gasteiger partial charge is 0.373 e. The number of halogens is 1. The predicted octanol–water partition coefficient (Wildman–Crippen LogP) is 4.65. The van der Waals surface area contributed by atoms with Crippen LogP contribution in [0.2, 0.25) is 5.02 Å². The van der Waals surface area contributed by atoms with Crippen molar-refractivity contribution in [3.8, 4) is 12.1 Å². The summed E-state index contributed by atoms with van der Waals surface area (Å²) in [5.41, 5.74) is 4.65. The molecule has 2 aromatic heterocycles. The SMILES string of the molecule is C[C@@H]1CN(c2ccc(C#N)c3nccnc23)C[C@H](C)O1.C[C@@H]1CNC[C@H](C)O1.N#Cc1ccc(Cl)c2nccnc12. The standard InChI is InChI=1S/C15H16N4O.C9H4ClN3.C6H13NO/c1-10-8-19(9-11(2)20-10)13-4-3-12(7-16)14-15(13)18-6-5-17-14;10-7-2-1-6(5-11)8-9(7)13-4-3-12-8;1-5-3-7-4-6(2)8-5/h3-6,10-11H,8-9H2,1-2H3;1-4H;5-7H,3-4H2,1-2H3/t10-,11+;;5-,6+. The van der Waals surface area contributed by atoms with Gasteiger partial charge >= 0.3 is 0 Å². The lowest BCUT2D eigenvalue weighted by molar-refractivity contribution is -0.0166. The fraction of sp³-hybridized carbons (Fsp3) is 0.400. The highest BCUT2D eigenvalue weighted by Crippen LogP contribution is 2.28. The zero-order chi connectivity index (χ0) is 29.4. The number of ether oxygens (including phenoxy) is 2. The molecule has 0 aliphatic carbocycles. The Morgan fingerprint density at radius 2 is 1.17 bits per heavy atom. The third-order valence-corrected chi connectivity index (χ3v) is 6.81. The Hall–Kier alpha value is -3.93. The first-order valence-electron chi connectivity index (χ1n) is 13.5. The number of rotatable bonds is 1. The minimum Gasteiger partial charge on any atom is -0.373 e. The highest BCUT2D eigenvalue weighted by molar-refractivity contribution is 6.35. The van der Waals surface area contributed by atoms with Gasteiger partial charge in [0.2, 0.25) is 0 Å². The average molecular weight is 573 g/mol. The summed E-state index contributed by atoms with van der Waals surface area (Å²) in [4.78, 5) is 19.1. The van der Waals surface area contributed by atoms with Crippen LogP contribution in [-0.2, 0) is 9.47 Å². The zero-order valence-electron chi connectivity index (χ0n) is 23.6. The summed E-state index contributed by atoms with van der Waals surface area (Å²) in [7, 11) is 0. The molecule has 0 radical (unpaired) electrons. The first-order chi connectivity index (χ1) is 19.8. The van der Waals surface area contributed by atoms with Gasteiger partial charge in [-0.3, -0.25) is 19.9 Å². The summed E-state index contributed by atoms with van der Waals surface area (Å²) in [5.74, 6) is 0. The molecule has 6 rings (SSSR count). The molecular formula is C30H33ClN8O2. The molecular weight excluding hydrogens is 540 g/mol. The number of nitrogens with one attached hydrogen (secondary N) is 1. The smallest absolute Gasteiger partial charge is 0.113 e. The molecule has 1 N–H and O–H groups in total. The van der Waals surface area contributed by atoms with Crippen LogP contribution in [0.3, 0.4) is 0 Å². The number of hydrogen-bond acceptors (Lipinski definition) is 10. The van der Waals surface area contributed by atoms with Crippen LogP contribution in [0.5, 0.6) is 0 Å². The quantitative estimate of drug-likeness (QED) is 0.343. The lowest BCUT2D eigenvalue weighted by Gasteiger charge is -2.37. The number of nitriles is 2. The van der Waals surface area contributed by atoms with E-state index in [1.165, 1.54) is 0 Å². The maximum absolute atomic E-state index is 9.17. The number of hydrogen-bond donors (Lipinski definition) is 1. The molecule has 0 amide bonds. The lowest BCUT2D eigenvalue weighted by Crippen LogP contribution is -2.45. The Labute approximate surface area is 244 Å². The van der Waals surface area contributed by atoms with Gasteiger partial charge in [0.15, 0.2) is 0 Å². The van der Waals surface area contributed by atoms with Crippen molar-refractivity contribution in [3.05, 3.63) is 65.2 Å². The highest BCUT2D eigenvalue weighted by atomic mass is 35.5. The molecule has 0 saturated carbocycles. The van der Waals surface area contributed by atoms with E-state index in [4.69, 9.17) is 31.6 Å². The van der Waals surface area contributed by atoms with Gasteiger partial charge in [-0.25, -0.2) is 0 Å². The van der Waals surface area contributed by atoms with Crippen molar-refractivity contribution >= 4 is 39.4 Å². The van der Waals surface area contributed by atoms with Crippen LogP contribution < -0.4 is 10.2 Å². The Balaban J connectivity index is 0.000000158. The highest BCUT2D eigenvalue weighted by Gasteiger charge is 2.24. The van der Waals surface area contributed by atoms with E-state index in [0.29, 0.717) is 44.9 Å². The number of nitrogens with zero attached hydrogens (tertiary/aromatic N) is 7. The Bertz CT molecular complexity index is 1550. The average Bonchev–Trinajstić information content (AvgIpc) is 2.97. The topological polar surface area (TPSA) is 133 Å². The molecule has 2 saturated heterocycles. The second-order valence-electron chi connectivity index (χ2n) is 10.0. The minimum atomic E-state index is 0.182. The maximum Gasteiger partial charge on any atom is 0.113 e. The van der Waals surface area contributed by atoms with E-state index < -0.39 is 0 Å². The fourth-order valence-electron chi connectivity index (χ4n) is 4.86. The van der Waals surface area contributed by atoms with Gasteiger partial charge in [0.05, 0.1) is 46.3 Å². The van der Waals surface area contributed by atoms with Crippen LogP contribution in [0.1, 0.15) is 38.8 Å². The van der Waals surface area contributed by atoms with Crippen molar-refractivity contribution in [2.45, 2.75) is 52.1 Å². The van der Waals surface area contributed by atoms with Crippen LogP contribution in [0.25, 0.3) is 22.1 Å². The van der Waals surface area contributed by atoms with E-state index >= 15 is 0 Å². The van der Waals surface area contributed by atoms with Crippen molar-refractivity contribution < 1.29 is 9.47 Å². The summed E-state index contributed by atoms with van der Waals surface area (Å²) in [6.07, 6.45) is 7.55. The van der Waals surface area contributed by atoms with Gasteiger partial charge in [-0.2, -0.15) is 10.5 Å².